The minimum absolute atomic E-state index is 0.307. The van der Waals surface area contributed by atoms with E-state index in [4.69, 9.17) is 0 Å². The summed E-state index contributed by atoms with van der Waals surface area (Å²) < 4.78 is 0. The molecule has 15 heavy (non-hydrogen) atoms. The van der Waals surface area contributed by atoms with E-state index in [2.05, 4.69) is 15.5 Å². The van der Waals surface area contributed by atoms with Crippen LogP contribution in [0.25, 0.3) is 0 Å². The molecule has 2 rings (SSSR count). The first-order chi connectivity index (χ1) is 7.40. The predicted octanol–water partition coefficient (Wildman–Crippen LogP) is 3.22. The molecule has 0 aliphatic heterocycles. The fraction of sp³-hybridized carbons (Fsp3) is 0. The van der Waals surface area contributed by atoms with Gasteiger partial charge in [0.15, 0.2) is 11.5 Å². The van der Waals surface area contributed by atoms with Crippen molar-refractivity contribution in [3.63, 3.8) is 0 Å². The van der Waals surface area contributed by atoms with Crippen molar-refractivity contribution in [1.82, 2.24) is 4.98 Å². The number of nitroso groups, excluding NO2 is 1. The molecule has 1 aromatic carbocycles. The van der Waals surface area contributed by atoms with E-state index in [9.17, 15) is 4.91 Å². The number of hydrogen-bond acceptors (Lipinski definition) is 4. The molecule has 0 fully saturated rings. The maximum Gasteiger partial charge on any atom is 0.159 e. The van der Waals surface area contributed by atoms with E-state index in [1.165, 1.54) is 0 Å². The van der Waals surface area contributed by atoms with E-state index in [1.807, 2.05) is 30.3 Å². The van der Waals surface area contributed by atoms with Gasteiger partial charge >= 0.3 is 0 Å². The van der Waals surface area contributed by atoms with Crippen LogP contribution in [0.4, 0.5) is 17.2 Å². The van der Waals surface area contributed by atoms with Crippen molar-refractivity contribution < 1.29 is 0 Å². The van der Waals surface area contributed by atoms with Crippen LogP contribution < -0.4 is 5.32 Å². The largest absolute Gasteiger partial charge is 0.338 e. The van der Waals surface area contributed by atoms with Crippen LogP contribution in [-0.4, -0.2) is 4.98 Å². The molecule has 4 nitrogen and oxygen atoms in total. The number of nitrogens with one attached hydrogen (secondary N) is 1. The van der Waals surface area contributed by atoms with E-state index in [-0.39, 0.29) is 0 Å². The number of pyridine rings is 1. The Morgan fingerprint density at radius 1 is 1.07 bits per heavy atom. The molecule has 0 bridgehead atoms. The van der Waals surface area contributed by atoms with Crippen LogP contribution in [0.5, 0.6) is 0 Å². The second kappa shape index (κ2) is 4.32. The van der Waals surface area contributed by atoms with Crippen LogP contribution in [0.2, 0.25) is 0 Å². The van der Waals surface area contributed by atoms with Crippen LogP contribution in [0.1, 0.15) is 0 Å². The first kappa shape index (κ1) is 9.33. The van der Waals surface area contributed by atoms with Gasteiger partial charge in [-0.25, -0.2) is 4.98 Å². The van der Waals surface area contributed by atoms with Crippen LogP contribution >= 0.6 is 0 Å². The lowest BCUT2D eigenvalue weighted by Crippen LogP contribution is -1.92. The maximum absolute atomic E-state index is 10.5. The Morgan fingerprint density at radius 2 is 1.87 bits per heavy atom. The monoisotopic (exact) mass is 199 g/mol. The third-order valence-corrected chi connectivity index (χ3v) is 1.92. The molecule has 2 aromatic rings. The second-order valence-electron chi connectivity index (χ2n) is 2.95. The Kier molecular flexibility index (Phi) is 2.69. The van der Waals surface area contributed by atoms with Gasteiger partial charge in [0.05, 0.1) is 0 Å². The number of rotatable bonds is 3. The first-order valence-corrected chi connectivity index (χ1v) is 4.50. The van der Waals surface area contributed by atoms with Crippen LogP contribution in [-0.2, 0) is 0 Å². The molecule has 0 aliphatic rings. The van der Waals surface area contributed by atoms with E-state index < -0.39 is 0 Å². The molecular formula is C11H9N3O. The molecule has 1 heterocycles. The number of para-hydroxylation sites is 1. The molecule has 0 saturated heterocycles. The van der Waals surface area contributed by atoms with Gasteiger partial charge in [-0.3, -0.25) is 0 Å². The zero-order chi connectivity index (χ0) is 10.5. The van der Waals surface area contributed by atoms with Crippen molar-refractivity contribution in [2.75, 3.05) is 5.32 Å². The molecule has 0 spiro atoms. The Balaban J connectivity index is 2.28. The minimum Gasteiger partial charge on any atom is -0.338 e. The SMILES string of the molecule is O=Nc1cccnc1Nc1ccccc1. The topological polar surface area (TPSA) is 54.4 Å². The summed E-state index contributed by atoms with van der Waals surface area (Å²) >= 11 is 0. The molecule has 1 N–H and O–H groups in total. The summed E-state index contributed by atoms with van der Waals surface area (Å²) in [7, 11) is 0. The Hall–Kier alpha value is -2.23. The van der Waals surface area contributed by atoms with Crippen LogP contribution in [0, 0.1) is 4.91 Å². The molecule has 1 aromatic heterocycles. The lowest BCUT2D eigenvalue weighted by atomic mass is 10.3. The number of nitrogens with zero attached hydrogens (tertiary/aromatic N) is 2. The highest BCUT2D eigenvalue weighted by atomic mass is 16.3. The van der Waals surface area contributed by atoms with Crippen LogP contribution in [0.3, 0.4) is 0 Å². The van der Waals surface area contributed by atoms with Gasteiger partial charge in [0.25, 0.3) is 0 Å². The summed E-state index contributed by atoms with van der Waals surface area (Å²) in [5, 5.41) is 5.91. The lowest BCUT2D eigenvalue weighted by Gasteiger charge is -2.05. The Labute approximate surface area is 87.0 Å². The van der Waals surface area contributed by atoms with Gasteiger partial charge in [-0.05, 0) is 29.4 Å². The van der Waals surface area contributed by atoms with Crippen molar-refractivity contribution in [1.29, 1.82) is 0 Å². The average molecular weight is 199 g/mol. The van der Waals surface area contributed by atoms with E-state index in [1.54, 1.807) is 18.3 Å². The molecule has 0 aliphatic carbocycles. The summed E-state index contributed by atoms with van der Waals surface area (Å²) in [5.41, 5.74) is 1.18. The predicted molar refractivity (Wildman–Crippen MR) is 59.4 cm³/mol. The highest BCUT2D eigenvalue weighted by Gasteiger charge is 2.02. The Bertz CT molecular complexity index is 456. The molecular weight excluding hydrogens is 190 g/mol. The number of aromatic nitrogens is 1. The molecule has 74 valence electrons. The van der Waals surface area contributed by atoms with Crippen molar-refractivity contribution in [2.24, 2.45) is 5.18 Å². The quantitative estimate of drug-likeness (QED) is 0.772. The van der Waals surface area contributed by atoms with Gasteiger partial charge in [0.2, 0.25) is 0 Å². The van der Waals surface area contributed by atoms with Gasteiger partial charge < -0.3 is 5.32 Å². The molecule has 0 atom stereocenters. The molecule has 0 saturated carbocycles. The molecule has 0 unspecified atom stereocenters. The smallest absolute Gasteiger partial charge is 0.159 e. The van der Waals surface area contributed by atoms with Crippen molar-refractivity contribution >= 4 is 17.2 Å². The molecule has 0 radical (unpaired) electrons. The highest BCUT2D eigenvalue weighted by Crippen LogP contribution is 2.24. The fourth-order valence-corrected chi connectivity index (χ4v) is 1.22. The third kappa shape index (κ3) is 2.17. The van der Waals surface area contributed by atoms with Crippen molar-refractivity contribution in [3.8, 4) is 0 Å². The standard InChI is InChI=1S/C11H9N3O/c15-14-10-7-4-8-12-11(10)13-9-5-2-1-3-6-9/h1-8H,(H,12,13). The van der Waals surface area contributed by atoms with Gasteiger partial charge in [0, 0.05) is 11.9 Å². The van der Waals surface area contributed by atoms with E-state index in [0.717, 1.165) is 5.69 Å². The van der Waals surface area contributed by atoms with Gasteiger partial charge in [-0.2, -0.15) is 0 Å². The summed E-state index contributed by atoms with van der Waals surface area (Å²) in [4.78, 5) is 14.5. The van der Waals surface area contributed by atoms with Crippen molar-refractivity contribution in [3.05, 3.63) is 53.6 Å². The van der Waals surface area contributed by atoms with Gasteiger partial charge in [-0.1, -0.05) is 18.2 Å². The normalized spacial score (nSPS) is 9.60. The zero-order valence-corrected chi connectivity index (χ0v) is 7.92. The van der Waals surface area contributed by atoms with E-state index >= 15 is 0 Å². The van der Waals surface area contributed by atoms with Gasteiger partial charge in [-0.15, -0.1) is 4.91 Å². The second-order valence-corrected chi connectivity index (χ2v) is 2.95. The number of anilines is 2. The number of hydrogen-bond donors (Lipinski definition) is 1. The Morgan fingerprint density at radius 3 is 2.60 bits per heavy atom. The van der Waals surface area contributed by atoms with E-state index in [0.29, 0.717) is 11.5 Å². The molecule has 4 heteroatoms. The maximum atomic E-state index is 10.5. The summed E-state index contributed by atoms with van der Waals surface area (Å²) in [5.74, 6) is 0.471. The first-order valence-electron chi connectivity index (χ1n) is 4.50. The highest BCUT2D eigenvalue weighted by molar-refractivity contribution is 5.67. The lowest BCUT2D eigenvalue weighted by molar-refractivity contribution is 1.28. The summed E-state index contributed by atoms with van der Waals surface area (Å²) in [6, 6.07) is 12.8. The minimum atomic E-state index is 0.307. The number of benzene rings is 1. The van der Waals surface area contributed by atoms with Gasteiger partial charge in [0.1, 0.15) is 0 Å². The fourth-order valence-electron chi connectivity index (χ4n) is 1.22. The average Bonchev–Trinajstić information content (AvgIpc) is 2.31. The zero-order valence-electron chi connectivity index (χ0n) is 7.92. The summed E-state index contributed by atoms with van der Waals surface area (Å²) in [6.45, 7) is 0. The summed E-state index contributed by atoms with van der Waals surface area (Å²) in [6.07, 6.45) is 1.61. The molecule has 0 amide bonds. The third-order valence-electron chi connectivity index (χ3n) is 1.92. The van der Waals surface area contributed by atoms with Crippen LogP contribution in [0.15, 0.2) is 53.8 Å². The van der Waals surface area contributed by atoms with Crippen molar-refractivity contribution in [2.45, 2.75) is 0 Å².